The quantitative estimate of drug-likeness (QED) is 0.139. The molecule has 36 heavy (non-hydrogen) atoms. The standard InChI is InChI=1S/C8H6BrClN2.C8H8BrN3O.C4H9O.C2H5NO2.K/c1-4-6(3-11)8(10)12-5(2)7(4)9;1-3-5-7(10)12-13-8(5)11-4(2)6(3)9;1-4(2,3)5;1-2(4)3-5;/h1-2H3;1-2H3,(H2,10,12);1-3H3;5H,1H3,(H,3,4);/q;;-1;;+1. The van der Waals surface area contributed by atoms with Gasteiger partial charge in [-0.15, -0.1) is 5.60 Å². The minimum Gasteiger partial charge on any atom is -0.850 e. The van der Waals surface area contributed by atoms with Crippen LogP contribution in [-0.4, -0.2) is 31.8 Å². The zero-order valence-electron chi connectivity index (χ0n) is 21.7. The molecule has 0 aliphatic rings. The Morgan fingerprint density at radius 3 is 1.97 bits per heavy atom. The number of nitrogen functional groups attached to an aromatic ring is 1. The number of aromatic nitrogens is 3. The van der Waals surface area contributed by atoms with Gasteiger partial charge in [0.15, 0.2) is 5.82 Å². The summed E-state index contributed by atoms with van der Waals surface area (Å²) in [5, 5.41) is 31.1. The number of nitrogens with one attached hydrogen (secondary N) is 1. The molecule has 3 rings (SSSR count). The molecule has 14 heteroatoms. The van der Waals surface area contributed by atoms with Crippen LogP contribution in [-0.2, 0) is 4.79 Å². The van der Waals surface area contributed by atoms with Crippen LogP contribution in [0.25, 0.3) is 11.1 Å². The maximum absolute atomic E-state index is 10.1. The van der Waals surface area contributed by atoms with Crippen LogP contribution in [0.1, 0.15) is 55.8 Å². The summed E-state index contributed by atoms with van der Waals surface area (Å²) in [4.78, 5) is 17.7. The van der Waals surface area contributed by atoms with E-state index in [1.165, 1.54) is 12.4 Å². The van der Waals surface area contributed by atoms with Crippen LogP contribution in [0.3, 0.4) is 0 Å². The zero-order valence-corrected chi connectivity index (χ0v) is 28.7. The molecule has 0 fully saturated rings. The van der Waals surface area contributed by atoms with Crippen LogP contribution in [0.5, 0.6) is 0 Å². The van der Waals surface area contributed by atoms with E-state index in [4.69, 9.17) is 32.3 Å². The monoisotopic (exact) mass is 672 g/mol. The first-order valence-corrected chi connectivity index (χ1v) is 11.9. The van der Waals surface area contributed by atoms with E-state index in [2.05, 4.69) is 47.0 Å². The van der Waals surface area contributed by atoms with Crippen molar-refractivity contribution < 1.29 is 71.0 Å². The largest absolute Gasteiger partial charge is 1.00 e. The van der Waals surface area contributed by atoms with Gasteiger partial charge in [0.1, 0.15) is 11.2 Å². The average Bonchev–Trinajstić information content (AvgIpc) is 3.10. The maximum atomic E-state index is 10.1. The first-order valence-electron chi connectivity index (χ1n) is 9.97. The van der Waals surface area contributed by atoms with Gasteiger partial charge in [-0.05, 0) is 70.7 Å². The number of hydrogen-bond donors (Lipinski definition) is 3. The minimum absolute atomic E-state index is 0. The third kappa shape index (κ3) is 12.7. The Labute approximate surface area is 275 Å². The average molecular weight is 675 g/mol. The zero-order chi connectivity index (χ0) is 27.7. The smallest absolute Gasteiger partial charge is 0.850 e. The number of carbonyl (C=O) groups is 1. The van der Waals surface area contributed by atoms with Gasteiger partial charge in [0.2, 0.25) is 5.91 Å². The van der Waals surface area contributed by atoms with Crippen LogP contribution in [0.4, 0.5) is 5.82 Å². The molecular weight excluding hydrogens is 647 g/mol. The minimum atomic E-state index is -0.750. The fraction of sp³-hybridized carbons (Fsp3) is 0.409. The van der Waals surface area contributed by atoms with Gasteiger partial charge in [-0.1, -0.05) is 37.5 Å². The van der Waals surface area contributed by atoms with Crippen LogP contribution in [0.15, 0.2) is 13.5 Å². The summed E-state index contributed by atoms with van der Waals surface area (Å²) >= 11 is 12.5. The van der Waals surface area contributed by atoms with Gasteiger partial charge in [-0.3, -0.25) is 10.0 Å². The third-order valence-corrected chi connectivity index (χ3v) is 6.37. The number of pyridine rings is 2. The Morgan fingerprint density at radius 2 is 1.56 bits per heavy atom. The molecule has 4 N–H and O–H groups in total. The van der Waals surface area contributed by atoms with Crippen LogP contribution in [0.2, 0.25) is 5.15 Å². The summed E-state index contributed by atoms with van der Waals surface area (Å²) in [7, 11) is 0. The molecule has 0 bridgehead atoms. The molecule has 1 amide bonds. The van der Waals surface area contributed by atoms with Gasteiger partial charge in [-0.25, -0.2) is 15.4 Å². The first-order chi connectivity index (χ1) is 16.0. The Hall–Kier alpha value is -0.664. The number of fused-ring (bicyclic) bond motifs is 1. The topological polar surface area (TPSA) is 174 Å². The van der Waals surface area contributed by atoms with E-state index in [1.807, 2.05) is 33.8 Å². The van der Waals surface area contributed by atoms with Crippen LogP contribution in [0, 0.1) is 39.0 Å². The molecule has 3 aromatic rings. The van der Waals surface area contributed by atoms with E-state index in [1.54, 1.807) is 20.8 Å². The van der Waals surface area contributed by atoms with Crippen molar-refractivity contribution in [3.63, 3.8) is 0 Å². The van der Waals surface area contributed by atoms with Gasteiger partial charge < -0.3 is 15.4 Å². The molecule has 0 aliphatic heterocycles. The molecule has 0 spiro atoms. The van der Waals surface area contributed by atoms with Crippen molar-refractivity contribution in [3.05, 3.63) is 42.2 Å². The molecule has 0 saturated carbocycles. The van der Waals surface area contributed by atoms with E-state index in [0.29, 0.717) is 17.1 Å². The summed E-state index contributed by atoms with van der Waals surface area (Å²) in [5.41, 5.74) is 10.7. The van der Waals surface area contributed by atoms with Crippen molar-refractivity contribution in [2.45, 2.75) is 61.0 Å². The Kier molecular flexibility index (Phi) is 17.7. The molecule has 0 aliphatic carbocycles. The molecule has 0 unspecified atom stereocenters. The number of aryl methyl sites for hydroxylation is 3. The van der Waals surface area contributed by atoms with Crippen molar-refractivity contribution >= 4 is 66.3 Å². The predicted octanol–water partition coefficient (Wildman–Crippen LogP) is 1.83. The Balaban J connectivity index is 0. The van der Waals surface area contributed by atoms with Crippen molar-refractivity contribution in [2.75, 3.05) is 5.73 Å². The summed E-state index contributed by atoms with van der Waals surface area (Å²) in [6.45, 7) is 13.6. The number of hydrogen-bond acceptors (Lipinski definition) is 9. The first kappa shape index (κ1) is 37.5. The Morgan fingerprint density at radius 1 is 1.14 bits per heavy atom. The van der Waals surface area contributed by atoms with Gasteiger partial charge in [0.25, 0.3) is 5.71 Å². The number of hydroxylamine groups is 1. The molecule has 192 valence electrons. The third-order valence-electron chi connectivity index (χ3n) is 3.75. The molecule has 0 atom stereocenters. The van der Waals surface area contributed by atoms with E-state index in [9.17, 15) is 9.90 Å². The summed E-state index contributed by atoms with van der Waals surface area (Å²) in [5.74, 6) is -0.0503. The van der Waals surface area contributed by atoms with E-state index in [0.717, 1.165) is 36.8 Å². The molecule has 0 aromatic carbocycles. The van der Waals surface area contributed by atoms with Crippen LogP contribution < -0.4 is 67.7 Å². The number of nitriles is 1. The second-order valence-corrected chi connectivity index (χ2v) is 10.0. The molecular formula is C22H28Br2ClKN6O4. The van der Waals surface area contributed by atoms with Gasteiger partial charge in [0, 0.05) is 15.9 Å². The summed E-state index contributed by atoms with van der Waals surface area (Å²) < 4.78 is 6.76. The predicted molar refractivity (Wildman–Crippen MR) is 140 cm³/mol. The molecule has 0 saturated heterocycles. The van der Waals surface area contributed by atoms with Gasteiger partial charge >= 0.3 is 51.4 Å². The second kappa shape index (κ2) is 17.0. The van der Waals surface area contributed by atoms with Gasteiger partial charge in [0.05, 0.1) is 22.3 Å². The summed E-state index contributed by atoms with van der Waals surface area (Å²) in [6.07, 6.45) is 0. The molecule has 0 radical (unpaired) electrons. The number of halogens is 3. The normalized spacial score (nSPS) is 9.78. The molecule has 3 aromatic heterocycles. The van der Waals surface area contributed by atoms with Crippen molar-refractivity contribution in [1.29, 1.82) is 5.26 Å². The fourth-order valence-corrected chi connectivity index (χ4v) is 3.11. The number of nitrogens with two attached hydrogens (primary N) is 1. The van der Waals surface area contributed by atoms with E-state index >= 15 is 0 Å². The number of nitrogens with zero attached hydrogens (tertiary/aromatic N) is 4. The number of amides is 1. The number of anilines is 1. The Bertz CT molecular complexity index is 1220. The van der Waals surface area contributed by atoms with E-state index < -0.39 is 11.5 Å². The maximum Gasteiger partial charge on any atom is 1.00 e. The van der Waals surface area contributed by atoms with Crippen molar-refractivity contribution in [1.82, 2.24) is 20.6 Å². The van der Waals surface area contributed by atoms with Crippen LogP contribution >= 0.6 is 43.5 Å². The second-order valence-electron chi connectivity index (χ2n) is 8.08. The SMILES string of the molecule is CC(=O)NO.CC(C)(C)[O-].Cc1nc(Cl)c(C#N)c(C)c1Br.Cc1nc2onc(N)c2c(C)c1Br.[K+]. The molecule has 3 heterocycles. The van der Waals surface area contributed by atoms with Crippen molar-refractivity contribution in [2.24, 2.45) is 0 Å². The fourth-order valence-electron chi connectivity index (χ4n) is 2.22. The summed E-state index contributed by atoms with van der Waals surface area (Å²) in [6, 6.07) is 2.01. The number of rotatable bonds is 0. The molecule has 10 nitrogen and oxygen atoms in total. The van der Waals surface area contributed by atoms with Crippen molar-refractivity contribution in [3.8, 4) is 6.07 Å². The number of carbonyl (C=O) groups excluding carboxylic acids is 1. The van der Waals surface area contributed by atoms with Gasteiger partial charge in [-0.2, -0.15) is 5.26 Å². The van der Waals surface area contributed by atoms with E-state index in [-0.39, 0.29) is 56.5 Å².